The SMILES string of the molecule is CN1OCCN2CCNC=C21. The van der Waals surface area contributed by atoms with Gasteiger partial charge in [0.15, 0.2) is 0 Å². The van der Waals surface area contributed by atoms with Crippen LogP contribution in [0.5, 0.6) is 0 Å². The fourth-order valence-electron chi connectivity index (χ4n) is 1.44. The molecule has 4 heteroatoms. The summed E-state index contributed by atoms with van der Waals surface area (Å²) in [4.78, 5) is 7.65. The normalized spacial score (nSPS) is 23.9. The molecule has 2 aliphatic rings. The molecule has 0 aromatic heterocycles. The van der Waals surface area contributed by atoms with Crippen molar-refractivity contribution in [2.24, 2.45) is 0 Å². The van der Waals surface area contributed by atoms with E-state index in [2.05, 4.69) is 10.2 Å². The summed E-state index contributed by atoms with van der Waals surface area (Å²) in [6.07, 6.45) is 2.00. The lowest BCUT2D eigenvalue weighted by Gasteiger charge is -2.39. The Morgan fingerprint density at radius 2 is 2.45 bits per heavy atom. The van der Waals surface area contributed by atoms with Crippen LogP contribution < -0.4 is 5.32 Å². The van der Waals surface area contributed by atoms with E-state index in [1.165, 1.54) is 0 Å². The van der Waals surface area contributed by atoms with Gasteiger partial charge in [-0.05, 0) is 0 Å². The van der Waals surface area contributed by atoms with E-state index in [4.69, 9.17) is 4.84 Å². The molecule has 0 spiro atoms. The predicted octanol–water partition coefficient (Wildman–Crippen LogP) is -0.433. The summed E-state index contributed by atoms with van der Waals surface area (Å²) < 4.78 is 0. The standard InChI is InChI=1S/C7H13N3O/c1-9-7-6-8-2-3-10(7)4-5-11-9/h6,8H,2-5H2,1H3. The molecule has 4 nitrogen and oxygen atoms in total. The molecule has 1 fully saturated rings. The van der Waals surface area contributed by atoms with E-state index in [-0.39, 0.29) is 0 Å². The Balaban J connectivity index is 2.14. The van der Waals surface area contributed by atoms with Gasteiger partial charge in [0.2, 0.25) is 0 Å². The Hall–Kier alpha value is -0.900. The first-order chi connectivity index (χ1) is 5.38. The van der Waals surface area contributed by atoms with Gasteiger partial charge in [-0.15, -0.1) is 0 Å². The molecule has 1 N–H and O–H groups in total. The lowest BCUT2D eigenvalue weighted by Crippen LogP contribution is -2.47. The average Bonchev–Trinajstić information content (AvgIpc) is 2.06. The second-order valence-corrected chi connectivity index (χ2v) is 2.77. The predicted molar refractivity (Wildman–Crippen MR) is 41.4 cm³/mol. The molecule has 2 aliphatic heterocycles. The minimum absolute atomic E-state index is 0.799. The lowest BCUT2D eigenvalue weighted by molar-refractivity contribution is -0.164. The van der Waals surface area contributed by atoms with E-state index < -0.39 is 0 Å². The third kappa shape index (κ3) is 1.14. The molecule has 0 aromatic rings. The van der Waals surface area contributed by atoms with E-state index in [0.717, 1.165) is 32.1 Å². The van der Waals surface area contributed by atoms with E-state index in [0.29, 0.717) is 0 Å². The lowest BCUT2D eigenvalue weighted by atomic mass is 10.4. The van der Waals surface area contributed by atoms with Gasteiger partial charge in [0, 0.05) is 32.9 Å². The minimum atomic E-state index is 0.799. The summed E-state index contributed by atoms with van der Waals surface area (Å²) in [6.45, 7) is 3.93. The molecule has 0 aromatic carbocycles. The van der Waals surface area contributed by atoms with Gasteiger partial charge in [0.25, 0.3) is 0 Å². The maximum atomic E-state index is 5.33. The minimum Gasteiger partial charge on any atom is -0.386 e. The van der Waals surface area contributed by atoms with Crippen molar-refractivity contribution in [1.82, 2.24) is 15.3 Å². The summed E-state index contributed by atoms with van der Waals surface area (Å²) in [7, 11) is 1.94. The molecule has 11 heavy (non-hydrogen) atoms. The highest BCUT2D eigenvalue weighted by atomic mass is 16.7. The summed E-state index contributed by atoms with van der Waals surface area (Å²) in [5, 5.41) is 5.00. The van der Waals surface area contributed by atoms with Crippen molar-refractivity contribution in [2.75, 3.05) is 33.3 Å². The first kappa shape index (κ1) is 6.79. The third-order valence-corrected chi connectivity index (χ3v) is 2.05. The third-order valence-electron chi connectivity index (χ3n) is 2.05. The van der Waals surface area contributed by atoms with Crippen molar-refractivity contribution in [3.05, 3.63) is 12.0 Å². The number of hydrogen-bond donors (Lipinski definition) is 1. The molecule has 0 atom stereocenters. The van der Waals surface area contributed by atoms with Gasteiger partial charge in [-0.1, -0.05) is 0 Å². The second kappa shape index (κ2) is 2.62. The van der Waals surface area contributed by atoms with Crippen LogP contribution in [0.3, 0.4) is 0 Å². The zero-order chi connectivity index (χ0) is 7.68. The molecule has 2 heterocycles. The number of hydrogen-bond acceptors (Lipinski definition) is 4. The van der Waals surface area contributed by atoms with Gasteiger partial charge in [0.1, 0.15) is 5.82 Å². The van der Waals surface area contributed by atoms with Crippen LogP contribution in [0.25, 0.3) is 0 Å². The average molecular weight is 155 g/mol. The number of fused-ring (bicyclic) bond motifs is 1. The summed E-state index contributed by atoms with van der Waals surface area (Å²) in [5.41, 5.74) is 0. The Kier molecular flexibility index (Phi) is 1.62. The van der Waals surface area contributed by atoms with Crippen LogP contribution in [0.1, 0.15) is 0 Å². The smallest absolute Gasteiger partial charge is 0.144 e. The van der Waals surface area contributed by atoms with E-state index in [9.17, 15) is 0 Å². The molecule has 62 valence electrons. The monoisotopic (exact) mass is 155 g/mol. The van der Waals surface area contributed by atoms with E-state index in [1.54, 1.807) is 0 Å². The van der Waals surface area contributed by atoms with Crippen molar-refractivity contribution in [1.29, 1.82) is 0 Å². The zero-order valence-electron chi connectivity index (χ0n) is 6.71. The van der Waals surface area contributed by atoms with E-state index >= 15 is 0 Å². The topological polar surface area (TPSA) is 27.7 Å². The largest absolute Gasteiger partial charge is 0.386 e. The van der Waals surface area contributed by atoms with Gasteiger partial charge < -0.3 is 10.2 Å². The van der Waals surface area contributed by atoms with Crippen LogP contribution in [0.2, 0.25) is 0 Å². The van der Waals surface area contributed by atoms with Gasteiger partial charge in [-0.25, -0.2) is 5.06 Å². The fraction of sp³-hybridized carbons (Fsp3) is 0.714. The highest BCUT2D eigenvalue weighted by Crippen LogP contribution is 2.14. The van der Waals surface area contributed by atoms with Crippen molar-refractivity contribution in [3.63, 3.8) is 0 Å². The van der Waals surface area contributed by atoms with Crippen molar-refractivity contribution in [3.8, 4) is 0 Å². The first-order valence-electron chi connectivity index (χ1n) is 3.93. The number of nitrogens with one attached hydrogen (secondary N) is 1. The first-order valence-corrected chi connectivity index (χ1v) is 3.93. The Bertz CT molecular complexity index is 181. The molecule has 0 unspecified atom stereocenters. The Labute approximate surface area is 66.4 Å². The van der Waals surface area contributed by atoms with Crippen molar-refractivity contribution in [2.45, 2.75) is 0 Å². The van der Waals surface area contributed by atoms with Gasteiger partial charge in [-0.3, -0.25) is 4.84 Å². The molecule has 2 rings (SSSR count). The number of nitrogens with zero attached hydrogens (tertiary/aromatic N) is 2. The molecule has 1 saturated heterocycles. The van der Waals surface area contributed by atoms with Gasteiger partial charge in [0.05, 0.1) is 6.61 Å². The van der Waals surface area contributed by atoms with Crippen LogP contribution in [-0.2, 0) is 4.84 Å². The summed E-state index contributed by atoms with van der Waals surface area (Å²) in [6, 6.07) is 0. The van der Waals surface area contributed by atoms with Crippen LogP contribution >= 0.6 is 0 Å². The van der Waals surface area contributed by atoms with Crippen molar-refractivity contribution < 1.29 is 4.84 Å². The second-order valence-electron chi connectivity index (χ2n) is 2.77. The zero-order valence-corrected chi connectivity index (χ0v) is 6.71. The molecule has 0 amide bonds. The number of rotatable bonds is 0. The van der Waals surface area contributed by atoms with Crippen LogP contribution in [0.15, 0.2) is 12.0 Å². The fourth-order valence-corrected chi connectivity index (χ4v) is 1.44. The maximum Gasteiger partial charge on any atom is 0.144 e. The highest BCUT2D eigenvalue weighted by molar-refractivity contribution is 5.01. The van der Waals surface area contributed by atoms with Crippen LogP contribution in [0.4, 0.5) is 0 Å². The maximum absolute atomic E-state index is 5.33. The molecule has 0 aliphatic carbocycles. The molecular weight excluding hydrogens is 142 g/mol. The molecule has 0 bridgehead atoms. The number of hydroxylamine groups is 2. The van der Waals surface area contributed by atoms with Crippen LogP contribution in [-0.4, -0.2) is 43.3 Å². The van der Waals surface area contributed by atoms with Gasteiger partial charge >= 0.3 is 0 Å². The van der Waals surface area contributed by atoms with Crippen molar-refractivity contribution >= 4 is 0 Å². The Morgan fingerprint density at radius 1 is 1.55 bits per heavy atom. The highest BCUT2D eigenvalue weighted by Gasteiger charge is 2.21. The summed E-state index contributed by atoms with van der Waals surface area (Å²) >= 11 is 0. The van der Waals surface area contributed by atoms with E-state index in [1.807, 2.05) is 18.3 Å². The molecule has 0 saturated carbocycles. The molecule has 0 radical (unpaired) electrons. The molecular formula is C7H13N3O. The van der Waals surface area contributed by atoms with Gasteiger partial charge in [-0.2, -0.15) is 0 Å². The summed E-state index contributed by atoms with van der Waals surface area (Å²) in [5.74, 6) is 1.14. The van der Waals surface area contributed by atoms with Crippen LogP contribution in [0, 0.1) is 0 Å². The Morgan fingerprint density at radius 3 is 3.27 bits per heavy atom. The quantitative estimate of drug-likeness (QED) is 0.513.